The molecule has 0 unspecified atom stereocenters. The summed E-state index contributed by atoms with van der Waals surface area (Å²) in [6.07, 6.45) is 0. The van der Waals surface area contributed by atoms with Crippen LogP contribution in [0.4, 0.5) is 11.4 Å². The summed E-state index contributed by atoms with van der Waals surface area (Å²) in [6, 6.07) is 4.60. The number of rotatable bonds is 6. The van der Waals surface area contributed by atoms with Crippen molar-refractivity contribution in [3.05, 3.63) is 18.2 Å². The summed E-state index contributed by atoms with van der Waals surface area (Å²) < 4.78 is 30.0. The summed E-state index contributed by atoms with van der Waals surface area (Å²) in [4.78, 5) is 0.210. The Kier molecular flexibility index (Phi) is 4.94. The number of methoxy groups -OCH3 is 1. The maximum absolute atomic E-state index is 12.0. The zero-order valence-electron chi connectivity index (χ0n) is 10.8. The van der Waals surface area contributed by atoms with Crippen molar-refractivity contribution in [2.24, 2.45) is 0 Å². The first kappa shape index (κ1) is 14.7. The number of benzene rings is 1. The van der Waals surface area contributed by atoms with E-state index in [1.54, 1.807) is 13.2 Å². The van der Waals surface area contributed by atoms with Crippen LogP contribution in [0.15, 0.2) is 23.1 Å². The topological polar surface area (TPSA) is 84.7 Å². The molecule has 1 rings (SSSR count). The Balaban J connectivity index is 3.01. The van der Waals surface area contributed by atoms with Gasteiger partial charge in [-0.25, -0.2) is 12.7 Å². The van der Waals surface area contributed by atoms with Gasteiger partial charge in [-0.2, -0.15) is 0 Å². The molecule has 0 aromatic heterocycles. The lowest BCUT2D eigenvalue weighted by Gasteiger charge is -2.14. The average molecular weight is 273 g/mol. The normalized spacial score (nSPS) is 11.8. The van der Waals surface area contributed by atoms with Crippen molar-refractivity contribution in [2.45, 2.75) is 4.90 Å². The molecule has 0 radical (unpaired) electrons. The number of nitrogens with one attached hydrogen (secondary N) is 1. The summed E-state index contributed by atoms with van der Waals surface area (Å²) in [7, 11) is 1.13. The molecule has 0 fully saturated rings. The standard InChI is InChI=1S/C11H19N3O3S/c1-14(2)18(15,16)9-4-5-10(12)11(8-9)13-6-7-17-3/h4-5,8,13H,6-7,12H2,1-3H3. The van der Waals surface area contributed by atoms with Gasteiger partial charge in [0, 0.05) is 27.7 Å². The first-order valence-corrected chi connectivity index (χ1v) is 6.88. The molecule has 0 heterocycles. The third-order valence-electron chi connectivity index (χ3n) is 2.42. The largest absolute Gasteiger partial charge is 0.397 e. The first-order chi connectivity index (χ1) is 8.39. The zero-order valence-corrected chi connectivity index (χ0v) is 11.6. The summed E-state index contributed by atoms with van der Waals surface area (Å²) >= 11 is 0. The monoisotopic (exact) mass is 273 g/mol. The minimum atomic E-state index is -3.44. The van der Waals surface area contributed by atoms with E-state index in [1.165, 1.54) is 26.2 Å². The molecule has 0 saturated carbocycles. The number of hydrogen-bond acceptors (Lipinski definition) is 5. The van der Waals surface area contributed by atoms with Gasteiger partial charge < -0.3 is 15.8 Å². The average Bonchev–Trinajstić information content (AvgIpc) is 2.31. The predicted octanol–water partition coefficient (Wildman–Crippen LogP) is 0.577. The highest BCUT2D eigenvalue weighted by Crippen LogP contribution is 2.23. The van der Waals surface area contributed by atoms with Gasteiger partial charge in [0.1, 0.15) is 0 Å². The molecule has 0 aliphatic carbocycles. The predicted molar refractivity (Wildman–Crippen MR) is 72.1 cm³/mol. The van der Waals surface area contributed by atoms with Crippen molar-refractivity contribution in [1.29, 1.82) is 0 Å². The van der Waals surface area contributed by atoms with E-state index in [9.17, 15) is 8.42 Å². The van der Waals surface area contributed by atoms with Gasteiger partial charge >= 0.3 is 0 Å². The lowest BCUT2D eigenvalue weighted by molar-refractivity contribution is 0.211. The Morgan fingerprint density at radius 1 is 1.39 bits per heavy atom. The SMILES string of the molecule is COCCNc1cc(S(=O)(=O)N(C)C)ccc1N. The van der Waals surface area contributed by atoms with Gasteiger partial charge in [-0.05, 0) is 18.2 Å². The summed E-state index contributed by atoms with van der Waals surface area (Å²) in [5.74, 6) is 0. The van der Waals surface area contributed by atoms with E-state index in [0.717, 1.165) is 4.31 Å². The number of hydrogen-bond donors (Lipinski definition) is 2. The molecule has 0 aliphatic rings. The Morgan fingerprint density at radius 2 is 2.06 bits per heavy atom. The fraction of sp³-hybridized carbons (Fsp3) is 0.455. The van der Waals surface area contributed by atoms with Gasteiger partial charge in [0.15, 0.2) is 0 Å². The van der Waals surface area contributed by atoms with E-state index in [1.807, 2.05) is 0 Å². The molecule has 0 spiro atoms. The van der Waals surface area contributed by atoms with Gasteiger partial charge in [0.2, 0.25) is 10.0 Å². The summed E-state index contributed by atoms with van der Waals surface area (Å²) in [5.41, 5.74) is 6.88. The molecule has 1 aromatic carbocycles. The molecule has 0 saturated heterocycles. The van der Waals surface area contributed by atoms with Crippen molar-refractivity contribution in [3.63, 3.8) is 0 Å². The van der Waals surface area contributed by atoms with Crippen LogP contribution in [0.1, 0.15) is 0 Å². The van der Waals surface area contributed by atoms with Gasteiger partial charge in [-0.1, -0.05) is 0 Å². The number of nitrogens with zero attached hydrogens (tertiary/aromatic N) is 1. The molecule has 1 aromatic rings. The van der Waals surface area contributed by atoms with Crippen molar-refractivity contribution < 1.29 is 13.2 Å². The molecule has 102 valence electrons. The first-order valence-electron chi connectivity index (χ1n) is 5.44. The smallest absolute Gasteiger partial charge is 0.242 e. The van der Waals surface area contributed by atoms with Gasteiger partial charge in [-0.3, -0.25) is 0 Å². The lowest BCUT2D eigenvalue weighted by Crippen LogP contribution is -2.22. The maximum Gasteiger partial charge on any atom is 0.242 e. The molecule has 0 aliphatic heterocycles. The highest BCUT2D eigenvalue weighted by molar-refractivity contribution is 7.89. The van der Waals surface area contributed by atoms with Crippen molar-refractivity contribution in [1.82, 2.24) is 4.31 Å². The zero-order chi connectivity index (χ0) is 13.8. The molecule has 0 atom stereocenters. The number of nitrogens with two attached hydrogens (primary N) is 1. The van der Waals surface area contributed by atoms with Gasteiger partial charge in [-0.15, -0.1) is 0 Å². The Morgan fingerprint density at radius 3 is 2.61 bits per heavy atom. The molecule has 0 bridgehead atoms. The van der Waals surface area contributed by atoms with Crippen LogP contribution < -0.4 is 11.1 Å². The third kappa shape index (κ3) is 3.34. The Labute approximate surface area is 108 Å². The number of ether oxygens (including phenoxy) is 1. The van der Waals surface area contributed by atoms with E-state index >= 15 is 0 Å². The second-order valence-corrected chi connectivity index (χ2v) is 6.11. The van der Waals surface area contributed by atoms with Crippen LogP contribution in [0, 0.1) is 0 Å². The number of nitrogen functional groups attached to an aromatic ring is 1. The van der Waals surface area contributed by atoms with E-state index in [2.05, 4.69) is 5.32 Å². The molecular formula is C11H19N3O3S. The number of sulfonamides is 1. The van der Waals surface area contributed by atoms with E-state index in [-0.39, 0.29) is 4.90 Å². The van der Waals surface area contributed by atoms with Crippen LogP contribution in [-0.4, -0.2) is 47.1 Å². The third-order valence-corrected chi connectivity index (χ3v) is 4.24. The number of anilines is 2. The van der Waals surface area contributed by atoms with Gasteiger partial charge in [0.05, 0.1) is 22.9 Å². The molecule has 7 heteroatoms. The highest BCUT2D eigenvalue weighted by atomic mass is 32.2. The lowest BCUT2D eigenvalue weighted by atomic mass is 10.2. The minimum absolute atomic E-state index is 0.210. The van der Waals surface area contributed by atoms with Crippen LogP contribution >= 0.6 is 0 Å². The van der Waals surface area contributed by atoms with Crippen LogP contribution in [-0.2, 0) is 14.8 Å². The fourth-order valence-corrected chi connectivity index (χ4v) is 2.28. The molecule has 3 N–H and O–H groups in total. The quantitative estimate of drug-likeness (QED) is 0.585. The second-order valence-electron chi connectivity index (χ2n) is 3.96. The maximum atomic E-state index is 12.0. The van der Waals surface area contributed by atoms with Crippen LogP contribution in [0.3, 0.4) is 0 Å². The minimum Gasteiger partial charge on any atom is -0.397 e. The highest BCUT2D eigenvalue weighted by Gasteiger charge is 2.18. The second kappa shape index (κ2) is 6.03. The summed E-state index contributed by atoms with van der Waals surface area (Å²) in [5, 5.41) is 3.03. The van der Waals surface area contributed by atoms with E-state index < -0.39 is 10.0 Å². The van der Waals surface area contributed by atoms with Gasteiger partial charge in [0.25, 0.3) is 0 Å². The Bertz CT molecular complexity index is 500. The van der Waals surface area contributed by atoms with E-state index in [4.69, 9.17) is 10.5 Å². The molecule has 6 nitrogen and oxygen atoms in total. The van der Waals surface area contributed by atoms with Crippen molar-refractivity contribution in [3.8, 4) is 0 Å². The van der Waals surface area contributed by atoms with Crippen LogP contribution in [0.25, 0.3) is 0 Å². The van der Waals surface area contributed by atoms with E-state index in [0.29, 0.717) is 24.5 Å². The molecule has 18 heavy (non-hydrogen) atoms. The van der Waals surface area contributed by atoms with Crippen LogP contribution in [0.5, 0.6) is 0 Å². The fourth-order valence-electron chi connectivity index (χ4n) is 1.35. The van der Waals surface area contributed by atoms with Crippen LogP contribution in [0.2, 0.25) is 0 Å². The summed E-state index contributed by atoms with van der Waals surface area (Å²) in [6.45, 7) is 1.08. The Hall–Kier alpha value is -1.31. The molecule has 0 amide bonds. The molecular weight excluding hydrogens is 254 g/mol. The van der Waals surface area contributed by atoms with Crippen molar-refractivity contribution >= 4 is 21.4 Å². The van der Waals surface area contributed by atoms with Crippen molar-refractivity contribution in [2.75, 3.05) is 45.4 Å².